The van der Waals surface area contributed by atoms with Crippen molar-refractivity contribution in [1.29, 1.82) is 0 Å². The Labute approximate surface area is 259 Å². The van der Waals surface area contributed by atoms with Gasteiger partial charge in [-0.15, -0.1) is 21.5 Å². The molecule has 0 amide bonds. The second-order valence-corrected chi connectivity index (χ2v) is 12.1. The van der Waals surface area contributed by atoms with Crippen LogP contribution in [0.3, 0.4) is 0 Å². The van der Waals surface area contributed by atoms with Gasteiger partial charge in [-0.05, 0) is 55.5 Å². The number of benzene rings is 1. The first-order valence-corrected chi connectivity index (χ1v) is 15.4. The van der Waals surface area contributed by atoms with Gasteiger partial charge in [0.1, 0.15) is 28.8 Å². The highest BCUT2D eigenvalue weighted by molar-refractivity contribution is 7.93. The molecule has 0 fully saturated rings. The monoisotopic (exact) mass is 675 g/mol. The third kappa shape index (κ3) is 7.50. The van der Waals surface area contributed by atoms with Gasteiger partial charge < -0.3 is 33.0 Å². The van der Waals surface area contributed by atoms with Gasteiger partial charge >= 0.3 is 6.16 Å². The van der Waals surface area contributed by atoms with E-state index in [-0.39, 0.29) is 60.1 Å². The Morgan fingerprint density at radius 2 is 1.89 bits per heavy atom. The van der Waals surface area contributed by atoms with Gasteiger partial charge in [-0.25, -0.2) is 13.2 Å². The molecule has 4 rings (SSSR count). The Hall–Kier alpha value is -4.13. The number of sulfonamides is 1. The summed E-state index contributed by atoms with van der Waals surface area (Å²) in [5.74, 6) is 0.0919. The third-order valence-corrected chi connectivity index (χ3v) is 9.44. The van der Waals surface area contributed by atoms with Gasteiger partial charge in [-0.1, -0.05) is 16.8 Å². The summed E-state index contributed by atoms with van der Waals surface area (Å²) in [6.07, 6.45) is -2.99. The molecule has 0 spiro atoms. The zero-order valence-corrected chi connectivity index (χ0v) is 25.9. The van der Waals surface area contributed by atoms with Gasteiger partial charge in [0, 0.05) is 6.42 Å². The van der Waals surface area contributed by atoms with Crippen LogP contribution in [0.4, 0.5) is 10.7 Å². The van der Waals surface area contributed by atoms with Crippen molar-refractivity contribution >= 4 is 50.8 Å². The number of rotatable bonds is 15. The van der Waals surface area contributed by atoms with E-state index in [1.807, 2.05) is 0 Å². The number of ketones is 1. The number of hydrogen-bond donors (Lipinski definition) is 0. The minimum Gasteiger partial charge on any atom is -0.454 e. The molecule has 1 aliphatic rings. The smallest absolute Gasteiger partial charge is 0.454 e. The number of Topliss-reactive ketones (excluding diaryl/α,β-unsaturated/α-hetero) is 1. The van der Waals surface area contributed by atoms with Gasteiger partial charge in [0.25, 0.3) is 21.0 Å². The summed E-state index contributed by atoms with van der Waals surface area (Å²) in [5, 5.41) is 14.1. The van der Waals surface area contributed by atoms with Crippen LogP contribution in [-0.2, 0) is 35.5 Å². The standard InChI is InChI=1S/C25H26ClN3O13S2/c1-14-10-19-20(39-13-38-19)12-17(14)11-18(30)23-21(4-9-43-23)44(34,35)28(24-22(26)15(2)27-42-24)16(3)41-25(31)37-7-5-36-6-8-40-29(32)33/h4,9-10,12,16H,5-8,11,13H2,1-3H3. The minimum atomic E-state index is -4.66. The van der Waals surface area contributed by atoms with Crippen molar-refractivity contribution < 1.29 is 56.1 Å². The lowest BCUT2D eigenvalue weighted by atomic mass is 10.0. The number of anilines is 1. The van der Waals surface area contributed by atoms with Crippen molar-refractivity contribution in [3.8, 4) is 11.5 Å². The van der Waals surface area contributed by atoms with Crippen molar-refractivity contribution in [2.75, 3.05) is 37.5 Å². The second kappa shape index (κ2) is 14.1. The van der Waals surface area contributed by atoms with Crippen LogP contribution in [0.2, 0.25) is 5.02 Å². The average molecular weight is 676 g/mol. The molecule has 238 valence electrons. The molecule has 0 radical (unpaired) electrons. The molecule has 19 heteroatoms. The van der Waals surface area contributed by atoms with Gasteiger partial charge in [0.05, 0.1) is 18.1 Å². The molecule has 2 aromatic heterocycles. The number of carbonyl (C=O) groups is 2. The van der Waals surface area contributed by atoms with Crippen LogP contribution < -0.4 is 13.8 Å². The molecule has 1 atom stereocenters. The Kier molecular flexibility index (Phi) is 10.5. The Balaban J connectivity index is 1.51. The van der Waals surface area contributed by atoms with Crippen molar-refractivity contribution in [1.82, 2.24) is 5.16 Å². The van der Waals surface area contributed by atoms with Crippen LogP contribution in [0.1, 0.15) is 33.4 Å². The topological polar surface area (TPSA) is 196 Å². The molecular formula is C25H26ClN3O13S2. The van der Waals surface area contributed by atoms with Crippen molar-refractivity contribution in [2.24, 2.45) is 0 Å². The fraction of sp³-hybridized carbons (Fsp3) is 0.400. The number of aromatic nitrogens is 1. The first kappa shape index (κ1) is 32.8. The van der Waals surface area contributed by atoms with Gasteiger partial charge in [0.2, 0.25) is 6.79 Å². The number of hydrogen-bond acceptors (Lipinski definition) is 15. The van der Waals surface area contributed by atoms with Crippen molar-refractivity contribution in [3.05, 3.63) is 60.4 Å². The summed E-state index contributed by atoms with van der Waals surface area (Å²) in [4.78, 5) is 39.6. The zero-order valence-electron chi connectivity index (χ0n) is 23.5. The molecule has 3 heterocycles. The van der Waals surface area contributed by atoms with Crippen LogP contribution in [0.25, 0.3) is 0 Å². The third-order valence-electron chi connectivity index (χ3n) is 6.04. The number of ether oxygens (including phenoxy) is 5. The van der Waals surface area contributed by atoms with Crippen molar-refractivity contribution in [3.63, 3.8) is 0 Å². The lowest BCUT2D eigenvalue weighted by molar-refractivity contribution is -0.758. The lowest BCUT2D eigenvalue weighted by Gasteiger charge is -2.27. The Morgan fingerprint density at radius 3 is 2.57 bits per heavy atom. The predicted molar refractivity (Wildman–Crippen MR) is 151 cm³/mol. The van der Waals surface area contributed by atoms with E-state index in [1.54, 1.807) is 19.1 Å². The normalized spacial score (nSPS) is 12.9. The van der Waals surface area contributed by atoms with E-state index in [9.17, 15) is 28.1 Å². The average Bonchev–Trinajstić information content (AvgIpc) is 3.70. The van der Waals surface area contributed by atoms with Crippen molar-refractivity contribution in [2.45, 2.75) is 38.3 Å². The summed E-state index contributed by atoms with van der Waals surface area (Å²) in [6.45, 7) is 3.63. The van der Waals surface area contributed by atoms with Crippen LogP contribution in [0.15, 0.2) is 33.0 Å². The van der Waals surface area contributed by atoms with Gasteiger partial charge in [-0.3, -0.25) is 4.79 Å². The quantitative estimate of drug-likeness (QED) is 0.0558. The summed E-state index contributed by atoms with van der Waals surface area (Å²) in [5.41, 5.74) is 1.54. The molecule has 0 bridgehead atoms. The molecule has 0 saturated heterocycles. The number of aryl methyl sites for hydroxylation is 2. The summed E-state index contributed by atoms with van der Waals surface area (Å²) >= 11 is 7.22. The van der Waals surface area contributed by atoms with E-state index < -0.39 is 39.2 Å². The van der Waals surface area contributed by atoms with E-state index in [0.717, 1.165) is 16.9 Å². The summed E-state index contributed by atoms with van der Waals surface area (Å²) in [7, 11) is -4.66. The molecule has 3 aromatic rings. The van der Waals surface area contributed by atoms with E-state index in [4.69, 9.17) is 39.8 Å². The molecular weight excluding hydrogens is 650 g/mol. The Bertz CT molecular complexity index is 1640. The number of nitrogens with zero attached hydrogens (tertiary/aromatic N) is 3. The largest absolute Gasteiger partial charge is 0.510 e. The summed E-state index contributed by atoms with van der Waals surface area (Å²) in [6, 6.07) is 4.66. The maximum atomic E-state index is 14.1. The van der Waals surface area contributed by atoms with Crippen LogP contribution >= 0.6 is 22.9 Å². The molecule has 0 N–H and O–H groups in total. The second-order valence-electron chi connectivity index (χ2n) is 9.02. The number of fused-ring (bicyclic) bond motifs is 1. The first-order chi connectivity index (χ1) is 20.9. The van der Waals surface area contributed by atoms with Crippen LogP contribution in [0.5, 0.6) is 11.5 Å². The SMILES string of the molecule is Cc1cc2c(cc1CC(=O)c1sccc1S(=O)(=O)N(c1onc(C)c1Cl)C(C)OC(=O)OCCOCCO[N+](=O)[O-])OCO2. The summed E-state index contributed by atoms with van der Waals surface area (Å²) < 4.78 is 59.8. The van der Waals surface area contributed by atoms with E-state index in [2.05, 4.69) is 9.99 Å². The Morgan fingerprint density at radius 1 is 1.18 bits per heavy atom. The highest BCUT2D eigenvalue weighted by atomic mass is 35.5. The molecule has 44 heavy (non-hydrogen) atoms. The van der Waals surface area contributed by atoms with Crippen LogP contribution in [0, 0.1) is 24.0 Å². The molecule has 1 aromatic carbocycles. The lowest BCUT2D eigenvalue weighted by Crippen LogP contribution is -2.42. The number of carbonyl (C=O) groups excluding carboxylic acids is 2. The molecule has 0 aliphatic carbocycles. The maximum absolute atomic E-state index is 14.1. The van der Waals surface area contributed by atoms with E-state index in [0.29, 0.717) is 21.4 Å². The first-order valence-electron chi connectivity index (χ1n) is 12.7. The van der Waals surface area contributed by atoms with E-state index >= 15 is 0 Å². The fourth-order valence-corrected chi connectivity index (χ4v) is 7.03. The fourth-order valence-electron chi connectivity index (χ4n) is 3.97. The van der Waals surface area contributed by atoms with Crippen LogP contribution in [-0.4, -0.2) is 70.0 Å². The van der Waals surface area contributed by atoms with E-state index in [1.165, 1.54) is 25.3 Å². The highest BCUT2D eigenvalue weighted by Crippen LogP contribution is 2.38. The minimum absolute atomic E-state index is 0.0575. The van der Waals surface area contributed by atoms with Gasteiger partial charge in [0.15, 0.2) is 23.5 Å². The highest BCUT2D eigenvalue weighted by Gasteiger charge is 2.39. The molecule has 1 unspecified atom stereocenters. The zero-order chi connectivity index (χ0) is 32.0. The van der Waals surface area contributed by atoms with Gasteiger partial charge in [-0.2, -0.15) is 4.31 Å². The molecule has 16 nitrogen and oxygen atoms in total. The predicted octanol–water partition coefficient (Wildman–Crippen LogP) is 4.08. The molecule has 0 saturated carbocycles. The maximum Gasteiger partial charge on any atom is 0.510 e. The number of halogens is 1. The molecule has 1 aliphatic heterocycles. The number of thiophene rings is 1.